The van der Waals surface area contributed by atoms with Gasteiger partial charge in [-0.05, 0) is 37.0 Å². The van der Waals surface area contributed by atoms with Crippen molar-refractivity contribution >= 4 is 11.8 Å². The fourth-order valence-corrected chi connectivity index (χ4v) is 5.31. The summed E-state index contributed by atoms with van der Waals surface area (Å²) in [7, 11) is 1.60. The van der Waals surface area contributed by atoms with E-state index in [9.17, 15) is 9.59 Å². The molecule has 2 amide bonds. The van der Waals surface area contributed by atoms with Crippen molar-refractivity contribution in [3.63, 3.8) is 0 Å². The highest BCUT2D eigenvalue weighted by Gasteiger charge is 2.50. The van der Waals surface area contributed by atoms with Crippen molar-refractivity contribution in [3.8, 4) is 0 Å². The molecule has 0 unspecified atom stereocenters. The minimum atomic E-state index is -0.212. The molecule has 7 nitrogen and oxygen atoms in total. The maximum atomic E-state index is 13.1. The maximum absolute atomic E-state index is 13.1. The van der Waals surface area contributed by atoms with E-state index >= 15 is 0 Å². The second kappa shape index (κ2) is 8.38. The van der Waals surface area contributed by atoms with Gasteiger partial charge in [0.05, 0.1) is 18.5 Å². The van der Waals surface area contributed by atoms with Gasteiger partial charge in [-0.2, -0.15) is 0 Å². The highest BCUT2D eigenvalue weighted by atomic mass is 16.5. The van der Waals surface area contributed by atoms with Gasteiger partial charge in [0, 0.05) is 45.4 Å². The van der Waals surface area contributed by atoms with E-state index in [-0.39, 0.29) is 22.6 Å². The Bertz CT molecular complexity index is 749. The van der Waals surface area contributed by atoms with Crippen molar-refractivity contribution < 1.29 is 14.3 Å². The van der Waals surface area contributed by atoms with Crippen molar-refractivity contribution in [3.05, 3.63) is 23.8 Å². The summed E-state index contributed by atoms with van der Waals surface area (Å²) in [4.78, 5) is 38.0. The zero-order valence-corrected chi connectivity index (χ0v) is 18.4. The molecule has 1 aromatic rings. The Hall–Kier alpha value is -2.02. The van der Waals surface area contributed by atoms with Crippen molar-refractivity contribution in [2.45, 2.75) is 59.4 Å². The summed E-state index contributed by atoms with van der Waals surface area (Å²) in [6.45, 7) is 10.8. The molecule has 160 valence electrons. The summed E-state index contributed by atoms with van der Waals surface area (Å²) in [6, 6.07) is 0.322. The van der Waals surface area contributed by atoms with Gasteiger partial charge in [-0.15, -0.1) is 0 Å². The Labute approximate surface area is 173 Å². The van der Waals surface area contributed by atoms with Crippen molar-refractivity contribution in [2.75, 3.05) is 33.4 Å². The van der Waals surface area contributed by atoms with E-state index < -0.39 is 0 Å². The predicted octanol–water partition coefficient (Wildman–Crippen LogP) is 2.69. The lowest BCUT2D eigenvalue weighted by Crippen LogP contribution is -2.41. The normalized spacial score (nSPS) is 25.1. The molecule has 1 aliphatic heterocycles. The number of amides is 2. The molecule has 0 N–H and O–H groups in total. The zero-order chi connectivity index (χ0) is 21.2. The first-order valence-corrected chi connectivity index (χ1v) is 10.5. The molecule has 2 aliphatic rings. The van der Waals surface area contributed by atoms with E-state index in [1.807, 2.05) is 6.92 Å². The number of hydrogen-bond donors (Lipinski definition) is 0. The molecule has 0 aromatic carbocycles. The molecule has 1 aliphatic carbocycles. The summed E-state index contributed by atoms with van der Waals surface area (Å²) in [6.07, 6.45) is 6.70. The Morgan fingerprint density at radius 1 is 1.21 bits per heavy atom. The van der Waals surface area contributed by atoms with Crippen LogP contribution >= 0.6 is 0 Å². The van der Waals surface area contributed by atoms with Crippen LogP contribution in [0.1, 0.15) is 62.6 Å². The van der Waals surface area contributed by atoms with E-state index in [0.29, 0.717) is 37.9 Å². The summed E-state index contributed by atoms with van der Waals surface area (Å²) in [5.41, 5.74) is 1.55. The quantitative estimate of drug-likeness (QED) is 0.701. The number of methoxy groups -OCH3 is 1. The third-order valence-corrected chi connectivity index (χ3v) is 6.18. The third-order valence-electron chi connectivity index (χ3n) is 6.18. The molecule has 1 saturated heterocycles. The third kappa shape index (κ3) is 5.13. The zero-order valence-electron chi connectivity index (χ0n) is 18.4. The highest BCUT2D eigenvalue weighted by molar-refractivity contribution is 5.92. The minimum Gasteiger partial charge on any atom is -0.383 e. The number of likely N-dealkylation sites (tertiary alicyclic amines) is 1. The van der Waals surface area contributed by atoms with Gasteiger partial charge in [-0.1, -0.05) is 20.8 Å². The van der Waals surface area contributed by atoms with Gasteiger partial charge in [-0.25, -0.2) is 4.98 Å². The Kier molecular flexibility index (Phi) is 6.27. The Morgan fingerprint density at radius 3 is 2.62 bits per heavy atom. The molecular formula is C22H34N4O3. The molecule has 2 fully saturated rings. The first-order valence-electron chi connectivity index (χ1n) is 10.5. The molecule has 2 atom stereocenters. The molecule has 7 heteroatoms. The van der Waals surface area contributed by atoms with E-state index in [1.165, 1.54) is 6.20 Å². The second-order valence-corrected chi connectivity index (χ2v) is 9.81. The monoisotopic (exact) mass is 402 g/mol. The molecule has 1 aromatic heterocycles. The number of fused-ring (bicyclic) bond motifs is 2. The van der Waals surface area contributed by atoms with E-state index in [4.69, 9.17) is 4.74 Å². The van der Waals surface area contributed by atoms with Crippen molar-refractivity contribution in [2.24, 2.45) is 10.8 Å². The van der Waals surface area contributed by atoms with Crippen molar-refractivity contribution in [1.29, 1.82) is 0 Å². The summed E-state index contributed by atoms with van der Waals surface area (Å²) in [5, 5.41) is 0. The number of carbonyl (C=O) groups excluding carboxylic acids is 2. The van der Waals surface area contributed by atoms with Gasteiger partial charge in [0.25, 0.3) is 5.91 Å². The van der Waals surface area contributed by atoms with Crippen LogP contribution in [0.4, 0.5) is 0 Å². The minimum absolute atomic E-state index is 0.140. The number of aryl methyl sites for hydroxylation is 1. The van der Waals surface area contributed by atoms with Crippen LogP contribution < -0.4 is 0 Å². The highest BCUT2D eigenvalue weighted by Crippen LogP contribution is 2.52. The van der Waals surface area contributed by atoms with Crippen LogP contribution in [0.5, 0.6) is 0 Å². The SMILES string of the molecule is COCCN(CCC(=O)N1C[C@]2(C)C[C@H]1CC(C)(C)C2)C(=O)c1cnc(C)cn1. The Morgan fingerprint density at radius 2 is 1.97 bits per heavy atom. The van der Waals surface area contributed by atoms with Crippen molar-refractivity contribution in [1.82, 2.24) is 19.8 Å². The lowest BCUT2D eigenvalue weighted by molar-refractivity contribution is -0.132. The number of nitrogens with zero attached hydrogens (tertiary/aromatic N) is 4. The average molecular weight is 403 g/mol. The van der Waals surface area contributed by atoms with Crippen LogP contribution in [-0.2, 0) is 9.53 Å². The molecule has 3 rings (SSSR count). The van der Waals surface area contributed by atoms with Crippen LogP contribution in [0.15, 0.2) is 12.4 Å². The number of ether oxygens (including phenoxy) is 1. The maximum Gasteiger partial charge on any atom is 0.274 e. The number of aromatic nitrogens is 2. The average Bonchev–Trinajstić information content (AvgIpc) is 2.90. The molecule has 2 heterocycles. The van der Waals surface area contributed by atoms with Crippen LogP contribution in [0.3, 0.4) is 0 Å². The molecule has 29 heavy (non-hydrogen) atoms. The predicted molar refractivity (Wildman–Crippen MR) is 110 cm³/mol. The smallest absolute Gasteiger partial charge is 0.274 e. The van der Waals surface area contributed by atoms with E-state index in [0.717, 1.165) is 31.5 Å². The van der Waals surface area contributed by atoms with Gasteiger partial charge in [0.15, 0.2) is 0 Å². The largest absolute Gasteiger partial charge is 0.383 e. The standard InChI is InChI=1S/C22H34N4O3/c1-16-12-24-18(13-23-16)20(28)25(8-9-29-5)7-6-19(27)26-15-22(4)11-17(26)10-21(2,3)14-22/h12-13,17H,6-11,14-15H2,1-5H3/t17-,22-/m1/s1. The molecule has 0 radical (unpaired) electrons. The van der Waals surface area contributed by atoms with E-state index in [1.54, 1.807) is 18.2 Å². The van der Waals surface area contributed by atoms with Crippen LogP contribution in [-0.4, -0.2) is 71.0 Å². The molecule has 1 saturated carbocycles. The molecular weight excluding hydrogens is 368 g/mol. The van der Waals surface area contributed by atoms with Crippen LogP contribution in [0, 0.1) is 17.8 Å². The fraction of sp³-hybridized carbons (Fsp3) is 0.727. The topological polar surface area (TPSA) is 75.6 Å². The molecule has 2 bridgehead atoms. The summed E-state index contributed by atoms with van der Waals surface area (Å²) < 4.78 is 5.15. The first kappa shape index (κ1) is 21.7. The lowest BCUT2D eigenvalue weighted by Gasteiger charge is -2.39. The summed E-state index contributed by atoms with van der Waals surface area (Å²) >= 11 is 0. The van der Waals surface area contributed by atoms with Gasteiger partial charge in [0.1, 0.15) is 5.69 Å². The fourth-order valence-electron chi connectivity index (χ4n) is 5.31. The summed E-state index contributed by atoms with van der Waals surface area (Å²) in [5.74, 6) is -0.0720. The van der Waals surface area contributed by atoms with Gasteiger partial charge < -0.3 is 14.5 Å². The van der Waals surface area contributed by atoms with Gasteiger partial charge >= 0.3 is 0 Å². The lowest BCUT2D eigenvalue weighted by atomic mass is 9.65. The van der Waals surface area contributed by atoms with Crippen LogP contribution in [0.2, 0.25) is 0 Å². The van der Waals surface area contributed by atoms with Gasteiger partial charge in [0.2, 0.25) is 5.91 Å². The van der Waals surface area contributed by atoms with Gasteiger partial charge in [-0.3, -0.25) is 14.6 Å². The number of hydrogen-bond acceptors (Lipinski definition) is 5. The Balaban J connectivity index is 1.64. The molecule has 0 spiro atoms. The number of carbonyl (C=O) groups is 2. The second-order valence-electron chi connectivity index (χ2n) is 9.81. The first-order chi connectivity index (χ1) is 13.6. The van der Waals surface area contributed by atoms with Crippen LogP contribution in [0.25, 0.3) is 0 Å². The number of rotatable bonds is 7. The van der Waals surface area contributed by atoms with E-state index in [2.05, 4.69) is 35.6 Å².